The van der Waals surface area contributed by atoms with Crippen molar-refractivity contribution in [1.29, 1.82) is 0 Å². The van der Waals surface area contributed by atoms with Gasteiger partial charge in [0.2, 0.25) is 6.10 Å². The van der Waals surface area contributed by atoms with Crippen LogP contribution in [0.25, 0.3) is 0 Å². The Morgan fingerprint density at radius 2 is 1.74 bits per heavy atom. The number of carbonyl (C=O) groups excluding carboxylic acids is 1. The number of nitrogens with one attached hydrogen (secondary N) is 1. The summed E-state index contributed by atoms with van der Waals surface area (Å²) in [5.41, 5.74) is 0. The van der Waals surface area contributed by atoms with Crippen LogP contribution in [0.2, 0.25) is 0 Å². The Morgan fingerprint density at radius 3 is 2.43 bits per heavy atom. The van der Waals surface area contributed by atoms with Gasteiger partial charge in [0.1, 0.15) is 6.61 Å². The summed E-state index contributed by atoms with van der Waals surface area (Å²) in [6.45, 7) is 4.18. The lowest BCUT2D eigenvalue weighted by Crippen LogP contribution is -2.46. The molecule has 0 aliphatic carbocycles. The van der Waals surface area contributed by atoms with E-state index in [-0.39, 0.29) is 18.3 Å². The fourth-order valence-electron chi connectivity index (χ4n) is 3.78. The largest absolute Gasteiger partial charge is 0.485 e. The maximum atomic E-state index is 12.7. The highest BCUT2D eigenvalue weighted by Crippen LogP contribution is 2.32. The molecule has 0 aromatic heterocycles. The third kappa shape index (κ3) is 3.26. The van der Waals surface area contributed by atoms with E-state index in [2.05, 4.69) is 5.32 Å². The number of likely N-dealkylation sites (tertiary alicyclic amines) is 1. The summed E-state index contributed by atoms with van der Waals surface area (Å²) in [6, 6.07) is 7.53. The first-order valence-corrected chi connectivity index (χ1v) is 8.19. The summed E-state index contributed by atoms with van der Waals surface area (Å²) in [4.78, 5) is 14.7. The molecule has 0 radical (unpaired) electrons. The lowest BCUT2D eigenvalue weighted by molar-refractivity contribution is -0.141. The normalized spacial score (nSPS) is 29.2. The molecule has 3 aliphatic rings. The van der Waals surface area contributed by atoms with Crippen LogP contribution in [0.5, 0.6) is 11.5 Å². The van der Waals surface area contributed by atoms with Crippen LogP contribution in [0.4, 0.5) is 0 Å². The number of ether oxygens (including phenoxy) is 2. The molecule has 0 spiro atoms. The second-order valence-corrected chi connectivity index (χ2v) is 6.45. The van der Waals surface area contributed by atoms with Crippen LogP contribution in [0.1, 0.15) is 12.8 Å². The minimum Gasteiger partial charge on any atom is -0.485 e. The number of benzene rings is 1. The molecule has 23 heavy (non-hydrogen) atoms. The molecular formula is C17H23ClN2O3. The van der Waals surface area contributed by atoms with Crippen molar-refractivity contribution in [2.24, 2.45) is 11.8 Å². The standard InChI is InChI=1S/C17H22N2O3.ClH/c20-17(16-11-21-14-3-1-2-4-15(14)22-16)19-7-5-12-9-18-10-13(12)6-8-19;/h1-4,12-13,16,18H,5-11H2;1H/t12-,13+,16?;. The van der Waals surface area contributed by atoms with E-state index in [0.29, 0.717) is 12.4 Å². The maximum absolute atomic E-state index is 12.7. The Hall–Kier alpha value is -1.46. The van der Waals surface area contributed by atoms with Crippen LogP contribution in [-0.4, -0.2) is 49.7 Å². The number of fused-ring (bicyclic) bond motifs is 2. The zero-order valence-corrected chi connectivity index (χ0v) is 13.9. The molecular weight excluding hydrogens is 316 g/mol. The van der Waals surface area contributed by atoms with Gasteiger partial charge in [-0.15, -0.1) is 12.4 Å². The Kier molecular flexibility index (Phi) is 4.97. The molecule has 2 fully saturated rings. The lowest BCUT2D eigenvalue weighted by Gasteiger charge is -2.30. The quantitative estimate of drug-likeness (QED) is 0.847. The first kappa shape index (κ1) is 16.4. The molecule has 6 heteroatoms. The van der Waals surface area contributed by atoms with Gasteiger partial charge in [-0.3, -0.25) is 4.79 Å². The summed E-state index contributed by atoms with van der Waals surface area (Å²) < 4.78 is 11.5. The van der Waals surface area contributed by atoms with Gasteiger partial charge in [-0.05, 0) is 49.9 Å². The summed E-state index contributed by atoms with van der Waals surface area (Å²) in [6.07, 6.45) is 1.67. The fourth-order valence-corrected chi connectivity index (χ4v) is 3.78. The Labute approximate surface area is 142 Å². The highest BCUT2D eigenvalue weighted by Gasteiger charge is 2.35. The van der Waals surface area contributed by atoms with Gasteiger partial charge in [-0.25, -0.2) is 0 Å². The lowest BCUT2D eigenvalue weighted by atomic mass is 9.92. The van der Waals surface area contributed by atoms with Gasteiger partial charge in [-0.2, -0.15) is 0 Å². The molecule has 1 amide bonds. The van der Waals surface area contributed by atoms with Gasteiger partial charge in [0.15, 0.2) is 11.5 Å². The molecule has 0 saturated carbocycles. The van der Waals surface area contributed by atoms with E-state index >= 15 is 0 Å². The zero-order valence-electron chi connectivity index (χ0n) is 13.1. The summed E-state index contributed by atoms with van der Waals surface area (Å²) in [5, 5.41) is 3.46. The molecule has 126 valence electrons. The Bertz CT molecular complexity index is 555. The molecule has 3 aliphatic heterocycles. The minimum absolute atomic E-state index is 0. The summed E-state index contributed by atoms with van der Waals surface area (Å²) in [7, 11) is 0. The van der Waals surface area contributed by atoms with Crippen molar-refractivity contribution in [3.63, 3.8) is 0 Å². The number of nitrogens with zero attached hydrogens (tertiary/aromatic N) is 1. The number of hydrogen-bond donors (Lipinski definition) is 1. The van der Waals surface area contributed by atoms with Crippen LogP contribution in [-0.2, 0) is 4.79 Å². The van der Waals surface area contributed by atoms with E-state index in [4.69, 9.17) is 9.47 Å². The SMILES string of the molecule is Cl.O=C(C1COc2ccccc2O1)N1CC[C@@H]2CNC[C@@H]2CC1. The van der Waals surface area contributed by atoms with Crippen molar-refractivity contribution in [3.05, 3.63) is 24.3 Å². The summed E-state index contributed by atoms with van der Waals surface area (Å²) in [5.74, 6) is 2.91. The second kappa shape index (κ2) is 6.97. The third-order valence-corrected chi connectivity index (χ3v) is 5.12. The first-order valence-electron chi connectivity index (χ1n) is 8.19. The number of amides is 1. The van der Waals surface area contributed by atoms with E-state index in [9.17, 15) is 4.79 Å². The molecule has 3 heterocycles. The summed E-state index contributed by atoms with van der Waals surface area (Å²) >= 11 is 0. The maximum Gasteiger partial charge on any atom is 0.267 e. The average molecular weight is 339 g/mol. The predicted molar refractivity (Wildman–Crippen MR) is 89.3 cm³/mol. The van der Waals surface area contributed by atoms with Crippen molar-refractivity contribution >= 4 is 18.3 Å². The fraction of sp³-hybridized carbons (Fsp3) is 0.588. The van der Waals surface area contributed by atoms with Gasteiger partial charge in [0.05, 0.1) is 0 Å². The Balaban J connectivity index is 0.00000156. The predicted octanol–water partition coefficient (Wildman–Crippen LogP) is 1.71. The van der Waals surface area contributed by atoms with Crippen LogP contribution in [0, 0.1) is 11.8 Å². The topological polar surface area (TPSA) is 50.8 Å². The van der Waals surface area contributed by atoms with Crippen molar-refractivity contribution in [2.45, 2.75) is 18.9 Å². The molecule has 1 aromatic rings. The highest BCUT2D eigenvalue weighted by molar-refractivity contribution is 5.85. The molecule has 3 atom stereocenters. The van der Waals surface area contributed by atoms with E-state index in [1.165, 1.54) is 0 Å². The van der Waals surface area contributed by atoms with Crippen LogP contribution in [0.15, 0.2) is 24.3 Å². The van der Waals surface area contributed by atoms with Gasteiger partial charge in [0.25, 0.3) is 5.91 Å². The third-order valence-electron chi connectivity index (χ3n) is 5.12. The first-order chi connectivity index (χ1) is 10.8. The van der Waals surface area contributed by atoms with E-state index in [0.717, 1.165) is 56.6 Å². The van der Waals surface area contributed by atoms with Crippen LogP contribution >= 0.6 is 12.4 Å². The molecule has 5 nitrogen and oxygen atoms in total. The monoisotopic (exact) mass is 338 g/mol. The second-order valence-electron chi connectivity index (χ2n) is 6.45. The number of para-hydroxylation sites is 2. The van der Waals surface area contributed by atoms with Crippen molar-refractivity contribution in [1.82, 2.24) is 10.2 Å². The molecule has 2 saturated heterocycles. The van der Waals surface area contributed by atoms with Gasteiger partial charge in [0, 0.05) is 13.1 Å². The average Bonchev–Trinajstić information content (AvgIpc) is 2.92. The van der Waals surface area contributed by atoms with Crippen molar-refractivity contribution in [2.75, 3.05) is 32.8 Å². The highest BCUT2D eigenvalue weighted by atomic mass is 35.5. The minimum atomic E-state index is -0.508. The van der Waals surface area contributed by atoms with E-state index in [1.807, 2.05) is 29.2 Å². The van der Waals surface area contributed by atoms with Gasteiger partial charge in [-0.1, -0.05) is 12.1 Å². The van der Waals surface area contributed by atoms with Crippen molar-refractivity contribution < 1.29 is 14.3 Å². The zero-order chi connectivity index (χ0) is 14.9. The molecule has 1 unspecified atom stereocenters. The number of carbonyl (C=O) groups is 1. The van der Waals surface area contributed by atoms with Crippen LogP contribution < -0.4 is 14.8 Å². The molecule has 1 N–H and O–H groups in total. The van der Waals surface area contributed by atoms with E-state index in [1.54, 1.807) is 0 Å². The smallest absolute Gasteiger partial charge is 0.267 e. The molecule has 4 rings (SSSR count). The molecule has 1 aromatic carbocycles. The Morgan fingerprint density at radius 1 is 1.09 bits per heavy atom. The number of hydrogen-bond acceptors (Lipinski definition) is 4. The van der Waals surface area contributed by atoms with E-state index < -0.39 is 6.10 Å². The van der Waals surface area contributed by atoms with Gasteiger partial charge >= 0.3 is 0 Å². The van der Waals surface area contributed by atoms with Gasteiger partial charge < -0.3 is 19.7 Å². The number of halogens is 1. The number of rotatable bonds is 1. The van der Waals surface area contributed by atoms with Crippen LogP contribution in [0.3, 0.4) is 0 Å². The molecule has 0 bridgehead atoms. The van der Waals surface area contributed by atoms with Crippen molar-refractivity contribution in [3.8, 4) is 11.5 Å².